The molecule has 3 nitrogen and oxygen atoms in total. The summed E-state index contributed by atoms with van der Waals surface area (Å²) in [5.74, 6) is 0.0367. The van der Waals surface area contributed by atoms with Gasteiger partial charge in [-0.1, -0.05) is 0 Å². The van der Waals surface area contributed by atoms with Crippen LogP contribution in [0.1, 0.15) is 21.7 Å². The van der Waals surface area contributed by atoms with Gasteiger partial charge in [-0.15, -0.1) is 0 Å². The fourth-order valence-electron chi connectivity index (χ4n) is 0.715. The Hall–Kier alpha value is -1.25. The zero-order chi connectivity index (χ0) is 7.72. The number of carbonyl (C=O) groups excluding carboxylic acids is 1. The van der Waals surface area contributed by atoms with Crippen molar-refractivity contribution in [1.29, 1.82) is 0 Å². The fourth-order valence-corrected chi connectivity index (χ4v) is 0.715. The van der Waals surface area contributed by atoms with Crippen LogP contribution in [0.25, 0.3) is 0 Å². The second kappa shape index (κ2) is 2.17. The van der Waals surface area contributed by atoms with Crippen molar-refractivity contribution in [3.8, 4) is 5.95 Å². The van der Waals surface area contributed by atoms with Crippen molar-refractivity contribution >= 4 is 6.29 Å². The number of furan rings is 1. The monoisotopic (exact) mass is 140 g/mol. The summed E-state index contributed by atoms with van der Waals surface area (Å²) in [6.45, 7) is 3.42. The summed E-state index contributed by atoms with van der Waals surface area (Å²) in [6.07, 6.45) is 0.585. The third-order valence-corrected chi connectivity index (χ3v) is 1.57. The van der Waals surface area contributed by atoms with Gasteiger partial charge >= 0.3 is 0 Å². The van der Waals surface area contributed by atoms with Gasteiger partial charge in [0.25, 0.3) is 5.95 Å². The first-order valence-electron chi connectivity index (χ1n) is 2.91. The van der Waals surface area contributed by atoms with Crippen molar-refractivity contribution in [1.82, 2.24) is 0 Å². The topological polar surface area (TPSA) is 50.4 Å². The number of aromatic hydroxyl groups is 1. The number of carbonyl (C=O) groups is 1. The first-order valence-corrected chi connectivity index (χ1v) is 2.91. The molecule has 0 radical (unpaired) electrons. The van der Waals surface area contributed by atoms with E-state index in [4.69, 9.17) is 5.11 Å². The van der Waals surface area contributed by atoms with E-state index in [1.54, 1.807) is 13.8 Å². The van der Waals surface area contributed by atoms with Gasteiger partial charge in [-0.3, -0.25) is 4.79 Å². The number of aldehydes is 1. The van der Waals surface area contributed by atoms with Crippen LogP contribution in [0.5, 0.6) is 5.95 Å². The Bertz CT molecular complexity index is 260. The lowest BCUT2D eigenvalue weighted by atomic mass is 10.2. The summed E-state index contributed by atoms with van der Waals surface area (Å²) in [6, 6.07) is 0. The molecule has 0 aliphatic carbocycles. The van der Waals surface area contributed by atoms with Crippen LogP contribution in [-0.4, -0.2) is 11.4 Å². The highest BCUT2D eigenvalue weighted by Gasteiger charge is 2.10. The molecule has 0 saturated heterocycles. The maximum atomic E-state index is 10.2. The fraction of sp³-hybridized carbons (Fsp3) is 0.286. The van der Waals surface area contributed by atoms with Gasteiger partial charge in [0, 0.05) is 11.1 Å². The quantitative estimate of drug-likeness (QED) is 0.600. The molecule has 54 valence electrons. The Morgan fingerprint density at radius 3 is 2.20 bits per heavy atom. The van der Waals surface area contributed by atoms with Crippen LogP contribution in [0.3, 0.4) is 0 Å². The minimum absolute atomic E-state index is 0.167. The summed E-state index contributed by atoms with van der Waals surface area (Å²) < 4.78 is 4.68. The van der Waals surface area contributed by atoms with Crippen LogP contribution in [0, 0.1) is 13.8 Å². The van der Waals surface area contributed by atoms with Crippen LogP contribution in [0.15, 0.2) is 4.42 Å². The van der Waals surface area contributed by atoms with Crippen molar-refractivity contribution in [2.75, 3.05) is 0 Å². The Kier molecular flexibility index (Phi) is 1.49. The molecule has 1 aromatic rings. The molecular weight excluding hydrogens is 132 g/mol. The molecule has 0 fully saturated rings. The van der Waals surface area contributed by atoms with E-state index in [0.717, 1.165) is 0 Å². The van der Waals surface area contributed by atoms with Crippen molar-refractivity contribution in [3.05, 3.63) is 16.9 Å². The van der Waals surface area contributed by atoms with Gasteiger partial charge in [-0.05, 0) is 13.8 Å². The predicted octanol–water partition coefficient (Wildman–Crippen LogP) is 1.41. The molecule has 0 aliphatic rings. The van der Waals surface area contributed by atoms with E-state index < -0.39 is 0 Å². The summed E-state index contributed by atoms with van der Waals surface area (Å²) in [4.78, 5) is 10.2. The Labute approximate surface area is 58.3 Å². The molecule has 1 rings (SSSR count). The van der Waals surface area contributed by atoms with E-state index in [-0.39, 0.29) is 11.7 Å². The van der Waals surface area contributed by atoms with Crippen molar-refractivity contribution < 1.29 is 14.3 Å². The van der Waals surface area contributed by atoms with Crippen LogP contribution in [0.4, 0.5) is 0 Å². The van der Waals surface area contributed by atoms with E-state index in [1.807, 2.05) is 0 Å². The SMILES string of the molecule is Cc1c(O)oc(C=O)c1C. The standard InChI is InChI=1S/C7H8O3/c1-4-5(2)7(9)10-6(4)3-8/h3,9H,1-2H3. The predicted molar refractivity (Wildman–Crippen MR) is 35.2 cm³/mol. The van der Waals surface area contributed by atoms with E-state index in [0.29, 0.717) is 17.4 Å². The molecule has 3 heteroatoms. The highest BCUT2D eigenvalue weighted by molar-refractivity contribution is 5.74. The van der Waals surface area contributed by atoms with Gasteiger partial charge in [-0.2, -0.15) is 0 Å². The summed E-state index contributed by atoms with van der Waals surface area (Å²) in [5, 5.41) is 8.93. The number of rotatable bonds is 1. The summed E-state index contributed by atoms with van der Waals surface area (Å²) >= 11 is 0. The van der Waals surface area contributed by atoms with Crippen LogP contribution < -0.4 is 0 Å². The van der Waals surface area contributed by atoms with Crippen molar-refractivity contribution in [3.63, 3.8) is 0 Å². The average molecular weight is 140 g/mol. The zero-order valence-electron chi connectivity index (χ0n) is 5.84. The molecule has 0 aliphatic heterocycles. The van der Waals surface area contributed by atoms with Gasteiger partial charge in [0.05, 0.1) is 0 Å². The molecule has 0 amide bonds. The lowest BCUT2D eigenvalue weighted by Crippen LogP contribution is -1.78. The molecule has 1 heterocycles. The molecule has 0 aromatic carbocycles. The van der Waals surface area contributed by atoms with Crippen LogP contribution in [-0.2, 0) is 0 Å². The van der Waals surface area contributed by atoms with Gasteiger partial charge in [-0.25, -0.2) is 0 Å². The molecule has 0 bridgehead atoms. The molecule has 0 atom stereocenters. The van der Waals surface area contributed by atoms with Gasteiger partial charge < -0.3 is 9.52 Å². The third kappa shape index (κ3) is 0.795. The van der Waals surface area contributed by atoms with Crippen LogP contribution in [0.2, 0.25) is 0 Å². The maximum absolute atomic E-state index is 10.2. The van der Waals surface area contributed by atoms with Gasteiger partial charge in [0.1, 0.15) is 0 Å². The van der Waals surface area contributed by atoms with Crippen molar-refractivity contribution in [2.45, 2.75) is 13.8 Å². The van der Waals surface area contributed by atoms with E-state index in [9.17, 15) is 4.79 Å². The molecule has 0 saturated carbocycles. The Morgan fingerprint density at radius 1 is 1.40 bits per heavy atom. The lowest BCUT2D eigenvalue weighted by Gasteiger charge is -1.83. The van der Waals surface area contributed by atoms with E-state index >= 15 is 0 Å². The molecule has 1 N–H and O–H groups in total. The zero-order valence-corrected chi connectivity index (χ0v) is 5.84. The second-order valence-corrected chi connectivity index (χ2v) is 2.14. The van der Waals surface area contributed by atoms with E-state index in [2.05, 4.69) is 4.42 Å². The molecule has 1 aromatic heterocycles. The minimum atomic E-state index is -0.167. The second-order valence-electron chi connectivity index (χ2n) is 2.14. The molecule has 0 spiro atoms. The molecule has 10 heavy (non-hydrogen) atoms. The van der Waals surface area contributed by atoms with Crippen LogP contribution >= 0.6 is 0 Å². The first-order chi connectivity index (χ1) is 4.66. The van der Waals surface area contributed by atoms with Gasteiger partial charge in [0.2, 0.25) is 0 Å². The number of hydrogen-bond donors (Lipinski definition) is 1. The summed E-state index contributed by atoms with van der Waals surface area (Å²) in [7, 11) is 0. The third-order valence-electron chi connectivity index (χ3n) is 1.57. The highest BCUT2D eigenvalue weighted by Crippen LogP contribution is 2.24. The largest absolute Gasteiger partial charge is 0.480 e. The normalized spacial score (nSPS) is 9.80. The average Bonchev–Trinajstić information content (AvgIpc) is 2.17. The van der Waals surface area contributed by atoms with Gasteiger partial charge in [0.15, 0.2) is 12.0 Å². The lowest BCUT2D eigenvalue weighted by molar-refractivity contribution is 0.109. The summed E-state index contributed by atoms with van der Waals surface area (Å²) in [5.41, 5.74) is 1.33. The van der Waals surface area contributed by atoms with E-state index in [1.165, 1.54) is 0 Å². The molecular formula is C7H8O3. The molecule has 0 unspecified atom stereocenters. The smallest absolute Gasteiger partial charge is 0.285 e. The number of hydrogen-bond acceptors (Lipinski definition) is 3. The Morgan fingerprint density at radius 2 is 2.00 bits per heavy atom. The first kappa shape index (κ1) is 6.86. The Balaban J connectivity index is 3.30. The minimum Gasteiger partial charge on any atom is -0.480 e. The maximum Gasteiger partial charge on any atom is 0.285 e. The highest BCUT2D eigenvalue weighted by atomic mass is 16.5. The van der Waals surface area contributed by atoms with Crippen molar-refractivity contribution in [2.24, 2.45) is 0 Å².